The van der Waals surface area contributed by atoms with E-state index in [0.29, 0.717) is 6.07 Å². The minimum atomic E-state index is -4.97. The van der Waals surface area contributed by atoms with E-state index in [0.717, 1.165) is 12.4 Å². The molecule has 1 aromatic rings. The van der Waals surface area contributed by atoms with E-state index in [2.05, 4.69) is 4.98 Å². The molecule has 3 N–H and O–H groups in total. The highest BCUT2D eigenvalue weighted by Gasteiger charge is 2.54. The van der Waals surface area contributed by atoms with Crippen molar-refractivity contribution in [2.24, 2.45) is 5.73 Å². The number of pyridine rings is 1. The zero-order valence-electron chi connectivity index (χ0n) is 7.42. The van der Waals surface area contributed by atoms with Crippen molar-refractivity contribution in [3.05, 3.63) is 29.8 Å². The van der Waals surface area contributed by atoms with Crippen molar-refractivity contribution >= 4 is 0 Å². The van der Waals surface area contributed by atoms with Crippen LogP contribution in [0, 0.1) is 5.82 Å². The first-order chi connectivity index (χ1) is 6.81. The largest absolute Gasteiger partial charge is 0.422 e. The van der Waals surface area contributed by atoms with Crippen molar-refractivity contribution < 1.29 is 22.7 Å². The number of aliphatic hydroxyl groups is 1. The zero-order chi connectivity index (χ0) is 11.7. The number of halogens is 4. The summed E-state index contributed by atoms with van der Waals surface area (Å²) in [6, 6.07) is 0.549. The molecule has 1 rings (SSSR count). The Balaban J connectivity index is 3.23. The third-order valence-corrected chi connectivity index (χ3v) is 1.95. The number of hydrogen-bond donors (Lipinski definition) is 2. The van der Waals surface area contributed by atoms with Crippen molar-refractivity contribution in [1.82, 2.24) is 4.98 Å². The highest BCUT2D eigenvalue weighted by Crippen LogP contribution is 2.37. The molecule has 0 aliphatic carbocycles. The summed E-state index contributed by atoms with van der Waals surface area (Å²) in [5.41, 5.74) is 0.883. The molecule has 0 aliphatic rings. The minimum absolute atomic E-state index is 0.549. The first-order valence-corrected chi connectivity index (χ1v) is 3.91. The summed E-state index contributed by atoms with van der Waals surface area (Å²) in [6.45, 7) is -1.10. The van der Waals surface area contributed by atoms with Gasteiger partial charge in [0, 0.05) is 18.3 Å². The van der Waals surface area contributed by atoms with Crippen LogP contribution in [0.2, 0.25) is 0 Å². The number of nitrogens with zero attached hydrogens (tertiary/aromatic N) is 1. The lowest BCUT2D eigenvalue weighted by Gasteiger charge is -2.28. The van der Waals surface area contributed by atoms with Gasteiger partial charge in [0.25, 0.3) is 0 Å². The fourth-order valence-corrected chi connectivity index (χ4v) is 1.04. The molecule has 0 aliphatic heterocycles. The number of hydrogen-bond acceptors (Lipinski definition) is 3. The van der Waals surface area contributed by atoms with Gasteiger partial charge in [-0.1, -0.05) is 0 Å². The van der Waals surface area contributed by atoms with Crippen LogP contribution in [0.25, 0.3) is 0 Å². The summed E-state index contributed by atoms with van der Waals surface area (Å²) in [5.74, 6) is -0.969. The van der Waals surface area contributed by atoms with Gasteiger partial charge in [0.15, 0.2) is 5.60 Å². The monoisotopic (exact) mass is 224 g/mol. The fraction of sp³-hybridized carbons (Fsp3) is 0.375. The van der Waals surface area contributed by atoms with Crippen LogP contribution in [0.3, 0.4) is 0 Å². The molecule has 84 valence electrons. The third-order valence-electron chi connectivity index (χ3n) is 1.95. The van der Waals surface area contributed by atoms with E-state index >= 15 is 0 Å². The van der Waals surface area contributed by atoms with Gasteiger partial charge in [0.2, 0.25) is 0 Å². The molecule has 0 fully saturated rings. The highest BCUT2D eigenvalue weighted by molar-refractivity contribution is 5.21. The van der Waals surface area contributed by atoms with Crippen molar-refractivity contribution in [1.29, 1.82) is 0 Å². The Morgan fingerprint density at radius 3 is 2.33 bits per heavy atom. The highest BCUT2D eigenvalue weighted by atomic mass is 19.4. The average Bonchev–Trinajstić information content (AvgIpc) is 2.14. The predicted molar refractivity (Wildman–Crippen MR) is 43.2 cm³/mol. The van der Waals surface area contributed by atoms with Crippen LogP contribution in [-0.2, 0) is 5.60 Å². The van der Waals surface area contributed by atoms with Gasteiger partial charge in [-0.2, -0.15) is 13.2 Å². The molecule has 15 heavy (non-hydrogen) atoms. The molecule has 1 aromatic heterocycles. The van der Waals surface area contributed by atoms with Gasteiger partial charge in [0.1, 0.15) is 5.82 Å². The lowest BCUT2D eigenvalue weighted by molar-refractivity contribution is -0.262. The van der Waals surface area contributed by atoms with Gasteiger partial charge >= 0.3 is 6.18 Å². The molecule has 1 heterocycles. The summed E-state index contributed by atoms with van der Waals surface area (Å²) < 4.78 is 50.0. The number of rotatable bonds is 2. The van der Waals surface area contributed by atoms with Gasteiger partial charge in [-0.3, -0.25) is 4.98 Å². The molecule has 7 heteroatoms. The van der Waals surface area contributed by atoms with Crippen LogP contribution in [0.15, 0.2) is 18.5 Å². The van der Waals surface area contributed by atoms with Crippen molar-refractivity contribution in [2.45, 2.75) is 11.8 Å². The number of nitrogens with two attached hydrogens (primary N) is 1. The Labute approximate surface area is 82.5 Å². The second kappa shape index (κ2) is 3.74. The molecule has 0 spiro atoms. The van der Waals surface area contributed by atoms with Gasteiger partial charge in [0.05, 0.1) is 6.20 Å². The second-order valence-electron chi connectivity index (χ2n) is 2.95. The van der Waals surface area contributed by atoms with Crippen LogP contribution in [-0.4, -0.2) is 22.8 Å². The summed E-state index contributed by atoms with van der Waals surface area (Å²) in [4.78, 5) is 3.22. The first kappa shape index (κ1) is 11.9. The Bertz CT molecular complexity index is 355. The van der Waals surface area contributed by atoms with Gasteiger partial charge < -0.3 is 10.8 Å². The molecular weight excluding hydrogens is 216 g/mol. The number of aromatic nitrogens is 1. The molecule has 0 aromatic carbocycles. The molecule has 3 nitrogen and oxygen atoms in total. The van der Waals surface area contributed by atoms with E-state index in [1.54, 1.807) is 0 Å². The number of alkyl halides is 3. The molecule has 0 saturated heterocycles. The third kappa shape index (κ3) is 2.07. The van der Waals surface area contributed by atoms with Crippen LogP contribution >= 0.6 is 0 Å². The lowest BCUT2D eigenvalue weighted by atomic mass is 9.95. The predicted octanol–water partition coefficient (Wildman–Crippen LogP) is 0.929. The van der Waals surface area contributed by atoms with Crippen LogP contribution in [0.4, 0.5) is 17.6 Å². The van der Waals surface area contributed by atoms with E-state index in [-0.39, 0.29) is 0 Å². The van der Waals surface area contributed by atoms with E-state index in [9.17, 15) is 22.7 Å². The minimum Gasteiger partial charge on any atom is -0.375 e. The Morgan fingerprint density at radius 1 is 1.33 bits per heavy atom. The van der Waals surface area contributed by atoms with Gasteiger partial charge in [-0.25, -0.2) is 4.39 Å². The molecule has 1 unspecified atom stereocenters. The molecule has 0 radical (unpaired) electrons. The van der Waals surface area contributed by atoms with Gasteiger partial charge in [-0.05, 0) is 6.07 Å². The van der Waals surface area contributed by atoms with Crippen LogP contribution in [0.5, 0.6) is 0 Å². The maximum Gasteiger partial charge on any atom is 0.422 e. The zero-order valence-corrected chi connectivity index (χ0v) is 7.42. The van der Waals surface area contributed by atoms with Crippen molar-refractivity contribution in [3.63, 3.8) is 0 Å². The lowest BCUT2D eigenvalue weighted by Crippen LogP contribution is -2.48. The van der Waals surface area contributed by atoms with Crippen molar-refractivity contribution in [3.8, 4) is 0 Å². The summed E-state index contributed by atoms with van der Waals surface area (Å²) >= 11 is 0. The Morgan fingerprint density at radius 2 is 1.93 bits per heavy atom. The summed E-state index contributed by atoms with van der Waals surface area (Å²) in [7, 11) is 0. The average molecular weight is 224 g/mol. The molecule has 0 saturated carbocycles. The quantitative estimate of drug-likeness (QED) is 0.734. The topological polar surface area (TPSA) is 59.1 Å². The van der Waals surface area contributed by atoms with E-state index in [1.165, 1.54) is 0 Å². The van der Waals surface area contributed by atoms with Crippen LogP contribution in [0.1, 0.15) is 5.56 Å². The maximum atomic E-state index is 12.6. The maximum absolute atomic E-state index is 12.6. The summed E-state index contributed by atoms with van der Waals surface area (Å²) in [5, 5.41) is 9.30. The smallest absolute Gasteiger partial charge is 0.375 e. The second-order valence-corrected chi connectivity index (χ2v) is 2.95. The van der Waals surface area contributed by atoms with Gasteiger partial charge in [-0.15, -0.1) is 0 Å². The standard InChI is InChI=1S/C8H8F4N2O/c9-6-1-5(2-14-3-6)7(15,4-13)8(10,11)12/h1-3,15H,4,13H2. The fourth-order valence-electron chi connectivity index (χ4n) is 1.04. The van der Waals surface area contributed by atoms with E-state index < -0.39 is 29.7 Å². The first-order valence-electron chi connectivity index (χ1n) is 3.91. The normalized spacial score (nSPS) is 16.1. The molecule has 1 atom stereocenters. The summed E-state index contributed by atoms with van der Waals surface area (Å²) in [6.07, 6.45) is -3.52. The Kier molecular flexibility index (Phi) is 2.96. The van der Waals surface area contributed by atoms with E-state index in [4.69, 9.17) is 5.73 Å². The SMILES string of the molecule is NCC(O)(c1cncc(F)c1)C(F)(F)F. The van der Waals surface area contributed by atoms with Crippen LogP contribution < -0.4 is 5.73 Å². The molecular formula is C8H8F4N2O. The molecule has 0 amide bonds. The van der Waals surface area contributed by atoms with Crippen molar-refractivity contribution in [2.75, 3.05) is 6.54 Å². The van der Waals surface area contributed by atoms with E-state index in [1.807, 2.05) is 0 Å². The molecule has 0 bridgehead atoms. The Hall–Kier alpha value is -1.21.